The summed E-state index contributed by atoms with van der Waals surface area (Å²) in [6.45, 7) is 0. The fourth-order valence-electron chi connectivity index (χ4n) is 1.80. The Bertz CT molecular complexity index is 574. The molecule has 18 heavy (non-hydrogen) atoms. The van der Waals surface area contributed by atoms with Gasteiger partial charge in [-0.05, 0) is 30.4 Å². The lowest BCUT2D eigenvalue weighted by Gasteiger charge is -2.10. The number of aromatic amines is 1. The molecule has 1 unspecified atom stereocenters. The molecule has 2 N–H and O–H groups in total. The smallest absolute Gasteiger partial charge is 0.307 e. The molecule has 0 amide bonds. The monoisotopic (exact) mass is 263 g/mol. The van der Waals surface area contributed by atoms with E-state index in [9.17, 15) is 14.7 Å². The fraction of sp³-hybridized carbons (Fsp3) is 0.231. The van der Waals surface area contributed by atoms with Gasteiger partial charge in [0.1, 0.15) is 0 Å². The van der Waals surface area contributed by atoms with E-state index in [0.717, 1.165) is 4.88 Å². The number of aliphatic carboxylic acids is 1. The minimum Gasteiger partial charge on any atom is -0.481 e. The molecule has 1 atom stereocenters. The number of nitrogens with one attached hydrogen (secondary N) is 1. The SMILES string of the molecule is O=C(O)C(Cc1cccs1)Cc1ccc[nH]c1=O. The van der Waals surface area contributed by atoms with Crippen LogP contribution < -0.4 is 5.56 Å². The van der Waals surface area contributed by atoms with E-state index in [1.54, 1.807) is 18.3 Å². The lowest BCUT2D eigenvalue weighted by molar-refractivity contribution is -0.141. The van der Waals surface area contributed by atoms with E-state index in [4.69, 9.17) is 0 Å². The number of rotatable bonds is 5. The second-order valence-corrected chi connectivity index (χ2v) is 5.08. The molecule has 5 heteroatoms. The van der Waals surface area contributed by atoms with Crippen LogP contribution in [0.3, 0.4) is 0 Å². The van der Waals surface area contributed by atoms with E-state index < -0.39 is 11.9 Å². The van der Waals surface area contributed by atoms with E-state index in [1.807, 2.05) is 17.5 Å². The maximum Gasteiger partial charge on any atom is 0.307 e. The lowest BCUT2D eigenvalue weighted by atomic mass is 9.96. The number of hydrogen-bond acceptors (Lipinski definition) is 3. The highest BCUT2D eigenvalue weighted by molar-refractivity contribution is 7.09. The Kier molecular flexibility index (Phi) is 3.94. The molecule has 2 rings (SSSR count). The first-order chi connectivity index (χ1) is 8.66. The van der Waals surface area contributed by atoms with Crippen LogP contribution in [0.1, 0.15) is 10.4 Å². The van der Waals surface area contributed by atoms with Crippen LogP contribution in [0, 0.1) is 5.92 Å². The summed E-state index contributed by atoms with van der Waals surface area (Å²) in [7, 11) is 0. The van der Waals surface area contributed by atoms with Crippen molar-refractivity contribution in [1.82, 2.24) is 4.98 Å². The molecule has 94 valence electrons. The molecule has 2 aromatic rings. The first kappa shape index (κ1) is 12.6. The minimum atomic E-state index is -0.869. The van der Waals surface area contributed by atoms with Gasteiger partial charge < -0.3 is 10.1 Å². The molecular formula is C13H13NO3S. The highest BCUT2D eigenvalue weighted by atomic mass is 32.1. The molecule has 0 radical (unpaired) electrons. The summed E-state index contributed by atoms with van der Waals surface area (Å²) in [6.07, 6.45) is 2.26. The lowest BCUT2D eigenvalue weighted by Crippen LogP contribution is -2.23. The molecule has 2 aromatic heterocycles. The maximum atomic E-state index is 11.5. The first-order valence-electron chi connectivity index (χ1n) is 5.58. The molecule has 0 aromatic carbocycles. The van der Waals surface area contributed by atoms with Gasteiger partial charge in [-0.25, -0.2) is 0 Å². The number of carboxylic acids is 1. The quantitative estimate of drug-likeness (QED) is 0.865. The van der Waals surface area contributed by atoms with Gasteiger partial charge >= 0.3 is 5.97 Å². The van der Waals surface area contributed by atoms with Gasteiger partial charge in [0.15, 0.2) is 0 Å². The van der Waals surface area contributed by atoms with Crippen LogP contribution >= 0.6 is 11.3 Å². The van der Waals surface area contributed by atoms with Crippen LogP contribution in [0.15, 0.2) is 40.6 Å². The van der Waals surface area contributed by atoms with Crippen molar-refractivity contribution in [2.45, 2.75) is 12.8 Å². The third kappa shape index (κ3) is 3.07. The predicted octanol–water partition coefficient (Wildman–Crippen LogP) is 1.92. The minimum absolute atomic E-state index is 0.213. The van der Waals surface area contributed by atoms with Crippen LogP contribution in [0.2, 0.25) is 0 Å². The topological polar surface area (TPSA) is 70.2 Å². The predicted molar refractivity (Wildman–Crippen MR) is 69.9 cm³/mol. The molecule has 0 fully saturated rings. The average molecular weight is 263 g/mol. The second-order valence-electron chi connectivity index (χ2n) is 4.05. The molecule has 0 saturated heterocycles. The van der Waals surface area contributed by atoms with Crippen LogP contribution in [-0.4, -0.2) is 16.1 Å². The van der Waals surface area contributed by atoms with E-state index in [1.165, 1.54) is 11.3 Å². The molecule has 2 heterocycles. The van der Waals surface area contributed by atoms with Crippen LogP contribution in [0.5, 0.6) is 0 Å². The van der Waals surface area contributed by atoms with Gasteiger partial charge in [0.2, 0.25) is 0 Å². The molecule has 0 bridgehead atoms. The summed E-state index contributed by atoms with van der Waals surface area (Å²) in [5.41, 5.74) is 0.302. The first-order valence-corrected chi connectivity index (χ1v) is 6.46. The van der Waals surface area contributed by atoms with Gasteiger partial charge in [-0.15, -0.1) is 11.3 Å². The summed E-state index contributed by atoms with van der Waals surface area (Å²) >= 11 is 1.53. The number of pyridine rings is 1. The van der Waals surface area contributed by atoms with Crippen LogP contribution in [-0.2, 0) is 17.6 Å². The van der Waals surface area contributed by atoms with Gasteiger partial charge in [-0.3, -0.25) is 9.59 Å². The summed E-state index contributed by atoms with van der Waals surface area (Å²) < 4.78 is 0. The number of carbonyl (C=O) groups is 1. The molecule has 0 spiro atoms. The third-order valence-corrected chi connectivity index (χ3v) is 3.64. The van der Waals surface area contributed by atoms with Crippen LogP contribution in [0.25, 0.3) is 0 Å². The van der Waals surface area contributed by atoms with Gasteiger partial charge in [-0.1, -0.05) is 12.1 Å². The molecule has 0 aliphatic carbocycles. The zero-order chi connectivity index (χ0) is 13.0. The number of aromatic nitrogens is 1. The zero-order valence-electron chi connectivity index (χ0n) is 9.63. The zero-order valence-corrected chi connectivity index (χ0v) is 10.4. The Morgan fingerprint density at radius 1 is 1.33 bits per heavy atom. The van der Waals surface area contributed by atoms with Crippen molar-refractivity contribution in [3.63, 3.8) is 0 Å². The van der Waals surface area contributed by atoms with Gasteiger partial charge in [0, 0.05) is 16.6 Å². The van der Waals surface area contributed by atoms with E-state index >= 15 is 0 Å². The van der Waals surface area contributed by atoms with Crippen molar-refractivity contribution in [3.8, 4) is 0 Å². The normalized spacial score (nSPS) is 12.2. The van der Waals surface area contributed by atoms with Gasteiger partial charge in [-0.2, -0.15) is 0 Å². The molecule has 0 saturated carbocycles. The highest BCUT2D eigenvalue weighted by Gasteiger charge is 2.20. The van der Waals surface area contributed by atoms with Crippen molar-refractivity contribution < 1.29 is 9.90 Å². The maximum absolute atomic E-state index is 11.5. The fourth-order valence-corrected chi connectivity index (χ4v) is 2.59. The van der Waals surface area contributed by atoms with Gasteiger partial charge in [0.25, 0.3) is 5.56 Å². The Balaban J connectivity index is 2.14. The summed E-state index contributed by atoms with van der Waals surface area (Å²) in [6, 6.07) is 7.19. The number of thiophene rings is 1. The summed E-state index contributed by atoms with van der Waals surface area (Å²) in [5, 5.41) is 11.1. The van der Waals surface area contributed by atoms with E-state index in [0.29, 0.717) is 12.0 Å². The van der Waals surface area contributed by atoms with Crippen molar-refractivity contribution in [2.24, 2.45) is 5.92 Å². The van der Waals surface area contributed by atoms with Crippen LogP contribution in [0.4, 0.5) is 0 Å². The second kappa shape index (κ2) is 5.64. The van der Waals surface area contributed by atoms with Gasteiger partial charge in [0.05, 0.1) is 5.92 Å². The van der Waals surface area contributed by atoms with Crippen molar-refractivity contribution in [2.75, 3.05) is 0 Å². The molecule has 4 nitrogen and oxygen atoms in total. The third-order valence-electron chi connectivity index (χ3n) is 2.74. The number of carboxylic acid groups (broad SMARTS) is 1. The molecule has 0 aliphatic heterocycles. The number of hydrogen-bond donors (Lipinski definition) is 2. The van der Waals surface area contributed by atoms with Crippen molar-refractivity contribution >= 4 is 17.3 Å². The average Bonchev–Trinajstić information content (AvgIpc) is 2.83. The van der Waals surface area contributed by atoms with E-state index in [-0.39, 0.29) is 12.0 Å². The standard InChI is InChI=1S/C13H13NO3S/c15-12-9(3-1-5-14-12)7-10(13(16)17)8-11-4-2-6-18-11/h1-6,10H,7-8H2,(H,14,15)(H,16,17). The molecular weight excluding hydrogens is 250 g/mol. The molecule has 0 aliphatic rings. The van der Waals surface area contributed by atoms with Crippen molar-refractivity contribution in [1.29, 1.82) is 0 Å². The Morgan fingerprint density at radius 3 is 2.78 bits per heavy atom. The van der Waals surface area contributed by atoms with E-state index in [2.05, 4.69) is 4.98 Å². The Labute approximate surface area is 108 Å². The van der Waals surface area contributed by atoms with Crippen molar-refractivity contribution in [3.05, 3.63) is 56.6 Å². The Hall–Kier alpha value is -1.88. The summed E-state index contributed by atoms with van der Waals surface area (Å²) in [4.78, 5) is 26.3. The Morgan fingerprint density at radius 2 is 2.17 bits per heavy atom. The summed E-state index contributed by atoms with van der Waals surface area (Å²) in [5.74, 6) is -1.43. The highest BCUT2D eigenvalue weighted by Crippen LogP contribution is 2.17. The largest absolute Gasteiger partial charge is 0.481 e. The number of H-pyrrole nitrogens is 1.